The number of anilines is 2. The highest BCUT2D eigenvalue weighted by Gasteiger charge is 2.11. The van der Waals surface area contributed by atoms with Crippen molar-refractivity contribution in [1.29, 1.82) is 0 Å². The monoisotopic (exact) mass is 366 g/mol. The molecule has 2 aromatic rings. The van der Waals surface area contributed by atoms with Crippen molar-refractivity contribution in [1.82, 2.24) is 0 Å². The molecule has 2 amide bonds. The number of hydrogen-bond donors (Lipinski definition) is 2. The molecule has 0 fully saturated rings. The minimum Gasteiger partial charge on any atom is -0.326 e. The van der Waals surface area contributed by atoms with Crippen LogP contribution in [0.5, 0.6) is 0 Å². The average molecular weight is 367 g/mol. The van der Waals surface area contributed by atoms with E-state index >= 15 is 0 Å². The molecular weight excluding hydrogens is 336 g/mol. The van der Waals surface area contributed by atoms with E-state index in [4.69, 9.17) is 0 Å². The quantitative estimate of drug-likeness (QED) is 0.670. The summed E-state index contributed by atoms with van der Waals surface area (Å²) in [4.78, 5) is 23.9. The molecular formula is C23H30N2O2. The lowest BCUT2D eigenvalue weighted by molar-refractivity contribution is -0.120. The summed E-state index contributed by atoms with van der Waals surface area (Å²) in [7, 11) is 0. The van der Waals surface area contributed by atoms with Gasteiger partial charge in [0, 0.05) is 23.2 Å². The molecule has 0 bridgehead atoms. The van der Waals surface area contributed by atoms with Crippen LogP contribution in [0.1, 0.15) is 51.7 Å². The molecule has 2 N–H and O–H groups in total. The minimum atomic E-state index is 0.0176. The number of rotatable bonds is 8. The number of carbonyl (C=O) groups is 2. The lowest BCUT2D eigenvalue weighted by atomic mass is 10.0. The van der Waals surface area contributed by atoms with E-state index in [1.807, 2.05) is 76.2 Å². The molecule has 0 aromatic heterocycles. The summed E-state index contributed by atoms with van der Waals surface area (Å²) in [6.45, 7) is 7.88. The highest BCUT2D eigenvalue weighted by molar-refractivity contribution is 5.92. The van der Waals surface area contributed by atoms with Crippen LogP contribution in [0, 0.1) is 11.8 Å². The van der Waals surface area contributed by atoms with Gasteiger partial charge in [-0.1, -0.05) is 52.0 Å². The van der Waals surface area contributed by atoms with Crippen molar-refractivity contribution < 1.29 is 9.59 Å². The Morgan fingerprint density at radius 3 is 1.33 bits per heavy atom. The molecule has 2 rings (SSSR count). The van der Waals surface area contributed by atoms with Gasteiger partial charge in [-0.25, -0.2) is 0 Å². The zero-order chi connectivity index (χ0) is 19.8. The third-order valence-corrected chi connectivity index (χ3v) is 4.97. The predicted octanol–water partition coefficient (Wildman–Crippen LogP) is 5.25. The van der Waals surface area contributed by atoms with E-state index in [0.717, 1.165) is 30.6 Å². The van der Waals surface area contributed by atoms with Gasteiger partial charge in [0.1, 0.15) is 0 Å². The molecule has 27 heavy (non-hydrogen) atoms. The van der Waals surface area contributed by atoms with E-state index in [9.17, 15) is 9.59 Å². The maximum Gasteiger partial charge on any atom is 0.227 e. The first-order valence-electron chi connectivity index (χ1n) is 9.72. The van der Waals surface area contributed by atoms with Gasteiger partial charge >= 0.3 is 0 Å². The second-order valence-corrected chi connectivity index (χ2v) is 7.17. The zero-order valence-electron chi connectivity index (χ0n) is 16.7. The molecule has 0 spiro atoms. The van der Waals surface area contributed by atoms with E-state index in [0.29, 0.717) is 0 Å². The summed E-state index contributed by atoms with van der Waals surface area (Å²) >= 11 is 0. The second-order valence-electron chi connectivity index (χ2n) is 7.17. The summed E-state index contributed by atoms with van der Waals surface area (Å²) in [6, 6.07) is 15.9. The van der Waals surface area contributed by atoms with Crippen LogP contribution in [-0.2, 0) is 16.0 Å². The molecule has 4 heteroatoms. The average Bonchev–Trinajstić information content (AvgIpc) is 2.69. The molecule has 4 nitrogen and oxygen atoms in total. The summed E-state index contributed by atoms with van der Waals surface area (Å²) in [5, 5.41) is 5.89. The van der Waals surface area contributed by atoms with Crippen LogP contribution >= 0.6 is 0 Å². The number of carbonyl (C=O) groups excluding carboxylic acids is 2. The first-order valence-corrected chi connectivity index (χ1v) is 9.72. The lowest BCUT2D eigenvalue weighted by Crippen LogP contribution is -2.19. The highest BCUT2D eigenvalue weighted by Crippen LogP contribution is 2.17. The Labute approximate surface area is 162 Å². The highest BCUT2D eigenvalue weighted by atomic mass is 16.2. The van der Waals surface area contributed by atoms with Crippen LogP contribution in [-0.4, -0.2) is 11.8 Å². The number of amides is 2. The molecule has 0 saturated carbocycles. The van der Waals surface area contributed by atoms with E-state index in [1.54, 1.807) is 0 Å². The first-order chi connectivity index (χ1) is 12.9. The Morgan fingerprint density at radius 2 is 1.04 bits per heavy atom. The second kappa shape index (κ2) is 9.91. The topological polar surface area (TPSA) is 58.2 Å². The van der Waals surface area contributed by atoms with Crippen LogP contribution in [0.15, 0.2) is 48.5 Å². The number of nitrogens with one attached hydrogen (secondary N) is 2. The smallest absolute Gasteiger partial charge is 0.227 e. The molecule has 0 heterocycles. The van der Waals surface area contributed by atoms with Crippen molar-refractivity contribution >= 4 is 23.2 Å². The molecule has 0 aliphatic carbocycles. The standard InChI is InChI=1S/C23H30N2O2/c1-5-16(3)22(26)24-20-11-7-18(8-12-20)15-19-9-13-21(14-10-19)25-23(27)17(4)6-2/h7-14,16-17H,5-6,15H2,1-4H3,(H,24,26)(H,25,27)/t16-,17+. The van der Waals surface area contributed by atoms with Crippen molar-refractivity contribution in [3.05, 3.63) is 59.7 Å². The van der Waals surface area contributed by atoms with Crippen molar-refractivity contribution in [2.24, 2.45) is 11.8 Å². The van der Waals surface area contributed by atoms with E-state index in [1.165, 1.54) is 11.1 Å². The Morgan fingerprint density at radius 1 is 0.704 bits per heavy atom. The van der Waals surface area contributed by atoms with Crippen LogP contribution in [0.2, 0.25) is 0 Å². The summed E-state index contributed by atoms with van der Waals surface area (Å²) in [6.07, 6.45) is 2.47. The summed E-state index contributed by atoms with van der Waals surface area (Å²) in [5.74, 6) is 0.147. The Balaban J connectivity index is 1.93. The molecule has 0 saturated heterocycles. The molecule has 0 radical (unpaired) electrons. The van der Waals surface area contributed by atoms with Gasteiger partial charge in [-0.2, -0.15) is 0 Å². The van der Waals surface area contributed by atoms with Crippen molar-refractivity contribution in [3.8, 4) is 0 Å². The largest absolute Gasteiger partial charge is 0.326 e. The molecule has 2 aromatic carbocycles. The fraction of sp³-hybridized carbons (Fsp3) is 0.391. The van der Waals surface area contributed by atoms with Crippen LogP contribution < -0.4 is 10.6 Å². The van der Waals surface area contributed by atoms with Crippen LogP contribution in [0.3, 0.4) is 0 Å². The van der Waals surface area contributed by atoms with Gasteiger partial charge in [-0.3, -0.25) is 9.59 Å². The summed E-state index contributed by atoms with van der Waals surface area (Å²) < 4.78 is 0. The van der Waals surface area contributed by atoms with E-state index in [-0.39, 0.29) is 23.7 Å². The van der Waals surface area contributed by atoms with Crippen LogP contribution in [0.25, 0.3) is 0 Å². The number of benzene rings is 2. The maximum atomic E-state index is 11.9. The van der Waals surface area contributed by atoms with E-state index in [2.05, 4.69) is 10.6 Å². The predicted molar refractivity (Wildman–Crippen MR) is 112 cm³/mol. The van der Waals surface area contributed by atoms with Gasteiger partial charge in [0.15, 0.2) is 0 Å². The Bertz CT molecular complexity index is 685. The summed E-state index contributed by atoms with van der Waals surface area (Å²) in [5.41, 5.74) is 4.00. The van der Waals surface area contributed by atoms with Crippen molar-refractivity contribution in [2.45, 2.75) is 47.0 Å². The van der Waals surface area contributed by atoms with Crippen LogP contribution in [0.4, 0.5) is 11.4 Å². The van der Waals surface area contributed by atoms with E-state index < -0.39 is 0 Å². The Hall–Kier alpha value is -2.62. The fourth-order valence-corrected chi connectivity index (χ4v) is 2.55. The SMILES string of the molecule is CC[C@@H](C)C(=O)Nc1ccc(Cc2ccc(NC(=O)[C@@H](C)CC)cc2)cc1. The first kappa shape index (κ1) is 20.7. The lowest BCUT2D eigenvalue weighted by Gasteiger charge is -2.11. The molecule has 144 valence electrons. The van der Waals surface area contributed by atoms with Gasteiger partial charge in [-0.15, -0.1) is 0 Å². The molecule has 0 unspecified atom stereocenters. The third kappa shape index (κ3) is 6.24. The molecule has 0 aliphatic heterocycles. The maximum absolute atomic E-state index is 11.9. The van der Waals surface area contributed by atoms with Crippen molar-refractivity contribution in [3.63, 3.8) is 0 Å². The van der Waals surface area contributed by atoms with Gasteiger partial charge in [0.05, 0.1) is 0 Å². The third-order valence-electron chi connectivity index (χ3n) is 4.97. The minimum absolute atomic E-state index is 0.0176. The van der Waals surface area contributed by atoms with Crippen molar-refractivity contribution in [2.75, 3.05) is 10.6 Å². The molecule has 0 aliphatic rings. The van der Waals surface area contributed by atoms with Gasteiger partial charge in [0.2, 0.25) is 11.8 Å². The normalized spacial score (nSPS) is 12.9. The zero-order valence-corrected chi connectivity index (χ0v) is 16.7. The Kier molecular flexibility index (Phi) is 7.59. The van der Waals surface area contributed by atoms with Gasteiger partial charge in [-0.05, 0) is 54.7 Å². The fourth-order valence-electron chi connectivity index (χ4n) is 2.55. The molecule has 2 atom stereocenters. The van der Waals surface area contributed by atoms with Gasteiger partial charge < -0.3 is 10.6 Å². The van der Waals surface area contributed by atoms with Gasteiger partial charge in [0.25, 0.3) is 0 Å². The number of hydrogen-bond acceptors (Lipinski definition) is 2.